The quantitative estimate of drug-likeness (QED) is 0.912. The summed E-state index contributed by atoms with van der Waals surface area (Å²) in [4.78, 5) is 29.2. The summed E-state index contributed by atoms with van der Waals surface area (Å²) >= 11 is 0. The van der Waals surface area contributed by atoms with E-state index < -0.39 is 11.4 Å². The lowest BCUT2D eigenvalue weighted by Crippen LogP contribution is -2.35. The van der Waals surface area contributed by atoms with Crippen molar-refractivity contribution in [3.05, 3.63) is 23.5 Å². The molecule has 1 aromatic rings. The van der Waals surface area contributed by atoms with Gasteiger partial charge in [0, 0.05) is 17.9 Å². The lowest BCUT2D eigenvalue weighted by Gasteiger charge is -2.21. The number of rotatable bonds is 3. The summed E-state index contributed by atoms with van der Waals surface area (Å²) in [5.41, 5.74) is 0.0561. The second kappa shape index (κ2) is 4.55. The van der Waals surface area contributed by atoms with Crippen LogP contribution in [0.3, 0.4) is 0 Å². The van der Waals surface area contributed by atoms with Gasteiger partial charge in [-0.25, -0.2) is 9.78 Å². The molecule has 1 aliphatic carbocycles. The second-order valence-electron chi connectivity index (χ2n) is 5.72. The van der Waals surface area contributed by atoms with E-state index in [0.717, 1.165) is 12.8 Å². The Morgan fingerprint density at radius 2 is 2.24 bits per heavy atom. The molecule has 1 N–H and O–H groups in total. The summed E-state index contributed by atoms with van der Waals surface area (Å²) < 4.78 is 0. The van der Waals surface area contributed by atoms with Crippen LogP contribution in [0.1, 0.15) is 35.4 Å². The van der Waals surface area contributed by atoms with Gasteiger partial charge in [-0.1, -0.05) is 0 Å². The van der Waals surface area contributed by atoms with E-state index in [1.165, 1.54) is 11.0 Å². The third kappa shape index (κ3) is 2.05. The Bertz CT molecular complexity index is 675. The van der Waals surface area contributed by atoms with E-state index in [2.05, 4.69) is 11.1 Å². The Balaban J connectivity index is 1.97. The molecule has 1 saturated heterocycles. The average Bonchev–Trinajstić information content (AvgIpc) is 3.23. The Kier molecular flexibility index (Phi) is 2.94. The third-order valence-electron chi connectivity index (χ3n) is 4.30. The van der Waals surface area contributed by atoms with Crippen molar-refractivity contribution in [3.8, 4) is 6.07 Å². The molecular formula is C15H15N3O3. The molecule has 3 rings (SSSR count). The number of carbonyl (C=O) groups excluding carboxylic acids is 1. The van der Waals surface area contributed by atoms with Gasteiger partial charge in [0.05, 0.1) is 6.07 Å². The minimum Gasteiger partial charge on any atom is -0.477 e. The summed E-state index contributed by atoms with van der Waals surface area (Å²) in [6.07, 6.45) is 2.35. The standard InChI is InChI=1S/C15H15N3O3/c1-9-6-11(7-12(17-9)13(19)20)18-5-4-15(8-16,14(18)21)10-2-3-10/h6-7,10H,2-5H2,1H3,(H,19,20)/t15-/m1/s1. The average molecular weight is 285 g/mol. The van der Waals surface area contributed by atoms with Crippen LogP contribution in [0, 0.1) is 29.6 Å². The van der Waals surface area contributed by atoms with Gasteiger partial charge in [-0.05, 0) is 44.2 Å². The third-order valence-corrected chi connectivity index (χ3v) is 4.30. The molecule has 6 nitrogen and oxygen atoms in total. The predicted molar refractivity (Wildman–Crippen MR) is 73.7 cm³/mol. The fraction of sp³-hybridized carbons (Fsp3) is 0.467. The van der Waals surface area contributed by atoms with E-state index in [0.29, 0.717) is 24.3 Å². The summed E-state index contributed by atoms with van der Waals surface area (Å²) in [6.45, 7) is 2.14. The molecule has 1 aliphatic heterocycles. The number of aromatic nitrogens is 1. The molecule has 6 heteroatoms. The first-order valence-electron chi connectivity index (χ1n) is 6.93. The van der Waals surface area contributed by atoms with E-state index in [9.17, 15) is 14.9 Å². The van der Waals surface area contributed by atoms with Crippen LogP contribution in [0.15, 0.2) is 12.1 Å². The minimum absolute atomic E-state index is 0.0846. The van der Waals surface area contributed by atoms with Gasteiger partial charge < -0.3 is 10.0 Å². The zero-order valence-electron chi connectivity index (χ0n) is 11.7. The topological polar surface area (TPSA) is 94.3 Å². The molecule has 1 amide bonds. The van der Waals surface area contributed by atoms with Crippen LogP contribution in [0.25, 0.3) is 0 Å². The normalized spacial score (nSPS) is 25.0. The Hall–Kier alpha value is -2.42. The first kappa shape index (κ1) is 13.6. The van der Waals surface area contributed by atoms with Gasteiger partial charge >= 0.3 is 5.97 Å². The van der Waals surface area contributed by atoms with Crippen molar-refractivity contribution in [2.24, 2.45) is 11.3 Å². The minimum atomic E-state index is -1.12. The molecule has 0 radical (unpaired) electrons. The number of carboxylic acid groups (broad SMARTS) is 1. The van der Waals surface area contributed by atoms with E-state index >= 15 is 0 Å². The number of hydrogen-bond acceptors (Lipinski definition) is 4. The van der Waals surface area contributed by atoms with Crippen molar-refractivity contribution in [2.75, 3.05) is 11.4 Å². The lowest BCUT2D eigenvalue weighted by molar-refractivity contribution is -0.123. The first-order valence-corrected chi connectivity index (χ1v) is 6.93. The van der Waals surface area contributed by atoms with Crippen molar-refractivity contribution in [2.45, 2.75) is 26.2 Å². The maximum atomic E-state index is 12.7. The van der Waals surface area contributed by atoms with Crippen LogP contribution in [-0.4, -0.2) is 28.5 Å². The monoisotopic (exact) mass is 285 g/mol. The van der Waals surface area contributed by atoms with Crippen LogP contribution in [0.4, 0.5) is 5.69 Å². The van der Waals surface area contributed by atoms with Crippen LogP contribution < -0.4 is 4.90 Å². The highest BCUT2D eigenvalue weighted by atomic mass is 16.4. The van der Waals surface area contributed by atoms with E-state index in [1.807, 2.05) is 0 Å². The maximum absolute atomic E-state index is 12.7. The molecule has 0 aromatic carbocycles. The van der Waals surface area contributed by atoms with Gasteiger partial charge in [0.25, 0.3) is 0 Å². The fourth-order valence-electron chi connectivity index (χ4n) is 3.05. The molecule has 0 bridgehead atoms. The van der Waals surface area contributed by atoms with Gasteiger partial charge in [0.15, 0.2) is 5.69 Å². The van der Waals surface area contributed by atoms with Gasteiger partial charge in [-0.3, -0.25) is 4.79 Å². The molecular weight excluding hydrogens is 270 g/mol. The number of nitriles is 1. The van der Waals surface area contributed by atoms with Crippen molar-refractivity contribution < 1.29 is 14.7 Å². The molecule has 1 atom stereocenters. The van der Waals surface area contributed by atoms with E-state index in [1.54, 1.807) is 13.0 Å². The number of anilines is 1. The molecule has 2 aliphatic rings. The highest BCUT2D eigenvalue weighted by molar-refractivity contribution is 6.02. The molecule has 2 fully saturated rings. The summed E-state index contributed by atoms with van der Waals surface area (Å²) in [5, 5.41) is 18.5. The number of aromatic carboxylic acids is 1. The first-order chi connectivity index (χ1) is 9.98. The predicted octanol–water partition coefficient (Wildman–Crippen LogP) is 1.74. The number of pyridine rings is 1. The molecule has 108 valence electrons. The number of nitrogens with zero attached hydrogens (tertiary/aromatic N) is 3. The second-order valence-corrected chi connectivity index (χ2v) is 5.72. The summed E-state index contributed by atoms with van der Waals surface area (Å²) in [5.74, 6) is -1.17. The maximum Gasteiger partial charge on any atom is 0.354 e. The largest absolute Gasteiger partial charge is 0.477 e. The molecule has 1 aromatic heterocycles. The molecule has 2 heterocycles. The van der Waals surface area contributed by atoms with Gasteiger partial charge in [-0.15, -0.1) is 0 Å². The molecule has 0 spiro atoms. The van der Waals surface area contributed by atoms with Crippen molar-refractivity contribution in [1.82, 2.24) is 4.98 Å². The smallest absolute Gasteiger partial charge is 0.354 e. The Labute approximate surface area is 122 Å². The number of carboxylic acids is 1. The highest BCUT2D eigenvalue weighted by Gasteiger charge is 2.56. The lowest BCUT2D eigenvalue weighted by atomic mass is 9.83. The number of amides is 1. The summed E-state index contributed by atoms with van der Waals surface area (Å²) in [6, 6.07) is 5.30. The van der Waals surface area contributed by atoms with Gasteiger partial charge in [0.1, 0.15) is 5.41 Å². The number of hydrogen-bond donors (Lipinski definition) is 1. The molecule has 0 unspecified atom stereocenters. The van der Waals surface area contributed by atoms with Gasteiger partial charge in [-0.2, -0.15) is 5.26 Å². The van der Waals surface area contributed by atoms with E-state index in [-0.39, 0.29) is 17.5 Å². The van der Waals surface area contributed by atoms with Crippen LogP contribution in [0.5, 0.6) is 0 Å². The molecule has 1 saturated carbocycles. The molecule has 21 heavy (non-hydrogen) atoms. The van der Waals surface area contributed by atoms with Crippen LogP contribution in [0.2, 0.25) is 0 Å². The van der Waals surface area contributed by atoms with Crippen molar-refractivity contribution in [3.63, 3.8) is 0 Å². The fourth-order valence-corrected chi connectivity index (χ4v) is 3.05. The van der Waals surface area contributed by atoms with Crippen LogP contribution >= 0.6 is 0 Å². The summed E-state index contributed by atoms with van der Waals surface area (Å²) in [7, 11) is 0. The number of aryl methyl sites for hydroxylation is 1. The van der Waals surface area contributed by atoms with Crippen LogP contribution in [-0.2, 0) is 4.79 Å². The van der Waals surface area contributed by atoms with Crippen molar-refractivity contribution in [1.29, 1.82) is 5.26 Å². The van der Waals surface area contributed by atoms with Crippen molar-refractivity contribution >= 4 is 17.6 Å². The number of carbonyl (C=O) groups is 2. The highest BCUT2D eigenvalue weighted by Crippen LogP contribution is 2.51. The van der Waals surface area contributed by atoms with Gasteiger partial charge in [0.2, 0.25) is 5.91 Å². The zero-order valence-corrected chi connectivity index (χ0v) is 11.7. The Morgan fingerprint density at radius 1 is 1.52 bits per heavy atom. The Morgan fingerprint density at radius 3 is 2.81 bits per heavy atom. The zero-order chi connectivity index (χ0) is 15.2. The SMILES string of the molecule is Cc1cc(N2CC[C@@](C#N)(C3CC3)C2=O)cc(C(=O)O)n1. The van der Waals surface area contributed by atoms with E-state index in [4.69, 9.17) is 5.11 Å².